The molecule has 0 saturated carbocycles. The average molecular weight is 1080 g/mol. The maximum atomic E-state index is 7.40. The van der Waals surface area contributed by atoms with Gasteiger partial charge in [-0.15, -0.1) is 0 Å². The number of nitrogens with zero attached hydrogens (tertiary/aromatic N) is 3. The third kappa shape index (κ3) is 7.28. The van der Waals surface area contributed by atoms with E-state index in [1.807, 2.05) is 0 Å². The van der Waals surface area contributed by atoms with Crippen molar-refractivity contribution in [3.05, 3.63) is 204 Å². The highest BCUT2D eigenvalue weighted by molar-refractivity contribution is 6.94. The fraction of sp³-hybridized carbons (Fsp3) is 0.211. The molecule has 6 nitrogen and oxygen atoms in total. The van der Waals surface area contributed by atoms with Gasteiger partial charge in [-0.1, -0.05) is 162 Å². The zero-order valence-electron chi connectivity index (χ0n) is 49.5. The molecular weight excluding hydrogens is 1010 g/mol. The Balaban J connectivity index is 1.03. The molecule has 4 aromatic heterocycles. The molecule has 0 bridgehead atoms. The molecule has 2 aliphatic heterocycles. The van der Waals surface area contributed by atoms with E-state index in [0.29, 0.717) is 0 Å². The third-order valence-corrected chi connectivity index (χ3v) is 18.4. The zero-order valence-corrected chi connectivity index (χ0v) is 49.5. The number of benzene rings is 10. The molecule has 0 aliphatic carbocycles. The van der Waals surface area contributed by atoms with E-state index in [2.05, 4.69) is 279 Å². The number of hydrogen-bond donors (Lipinski definition) is 0. The second-order valence-corrected chi connectivity index (χ2v) is 27.8. The second-order valence-electron chi connectivity index (χ2n) is 27.8. The van der Waals surface area contributed by atoms with Gasteiger partial charge in [-0.2, -0.15) is 0 Å². The van der Waals surface area contributed by atoms with Crippen molar-refractivity contribution in [3.63, 3.8) is 0 Å². The van der Waals surface area contributed by atoms with Gasteiger partial charge in [0.05, 0.1) is 11.0 Å². The normalized spacial score (nSPS) is 13.7. The average Bonchev–Trinajstić information content (AvgIpc) is 1.67. The van der Waals surface area contributed by atoms with Crippen molar-refractivity contribution in [2.45, 2.75) is 105 Å². The SMILES string of the molecule is CC(C)(C)c1ccc(N2B3c4cc5oc6ccccc6c5cc4-n4c5ccc(C(C)(C)C)cc5c5c6c(oc7ccccc76)c(c3c54)-c3cc4oc5ccc(N(c6ccc(C(C)(C)C)cc6)c6ccc(C(C)(C)C)cc6)cc5c4cc32)cc1. The summed E-state index contributed by atoms with van der Waals surface area (Å²) < 4.78 is 24.0. The van der Waals surface area contributed by atoms with Crippen LogP contribution in [0.1, 0.15) is 105 Å². The van der Waals surface area contributed by atoms with Gasteiger partial charge in [0.1, 0.15) is 33.5 Å². The number of furan rings is 3. The summed E-state index contributed by atoms with van der Waals surface area (Å²) >= 11 is 0. The van der Waals surface area contributed by atoms with Crippen LogP contribution >= 0.6 is 0 Å². The summed E-state index contributed by atoms with van der Waals surface area (Å²) in [7, 11) is 0. The third-order valence-electron chi connectivity index (χ3n) is 18.4. The van der Waals surface area contributed by atoms with E-state index in [1.54, 1.807) is 0 Å². The van der Waals surface area contributed by atoms with Gasteiger partial charge in [-0.25, -0.2) is 0 Å². The molecule has 7 heteroatoms. The molecule has 0 amide bonds. The van der Waals surface area contributed by atoms with Crippen molar-refractivity contribution in [1.82, 2.24) is 4.57 Å². The number of hydrogen-bond acceptors (Lipinski definition) is 5. The first-order valence-corrected chi connectivity index (χ1v) is 29.5. The zero-order chi connectivity index (χ0) is 57.0. The molecule has 0 atom stereocenters. The Labute approximate surface area is 484 Å². The van der Waals surface area contributed by atoms with E-state index in [-0.39, 0.29) is 28.5 Å². The molecule has 406 valence electrons. The number of rotatable bonds is 4. The molecule has 0 radical (unpaired) electrons. The Morgan fingerprint density at radius 3 is 1.52 bits per heavy atom. The molecule has 0 saturated heterocycles. The number of fused-ring (bicyclic) bond motifs is 19. The summed E-state index contributed by atoms with van der Waals surface area (Å²) in [5, 5.41) is 8.97. The second kappa shape index (κ2) is 16.8. The number of para-hydroxylation sites is 2. The van der Waals surface area contributed by atoms with Gasteiger partial charge in [0.25, 0.3) is 0 Å². The van der Waals surface area contributed by atoms with E-state index in [9.17, 15) is 0 Å². The van der Waals surface area contributed by atoms with E-state index >= 15 is 0 Å². The first kappa shape index (κ1) is 49.8. The van der Waals surface area contributed by atoms with Gasteiger partial charge >= 0.3 is 6.85 Å². The standard InChI is InChI=1S/C76H66BN3O3/c1-73(2,3)43-21-28-47(29-22-43)78(48-30-23-44(24-31-48)74(4,5)6)50-34-36-64-53(38-50)55-39-60-57(41-65(55)82-64)69-70-71-67(68-52-18-14-16-20-63(52)83-72(68)69)56-37-46(76(10,11)12)27-35-59(56)79(71)61-40-54-51-17-13-15-19-62(51)81-66(54)42-58(61)77(70)80(60)49-32-25-45(26-33-49)75(7,8)9/h13-42H,1-12H3. The first-order chi connectivity index (χ1) is 39.7. The van der Waals surface area contributed by atoms with Crippen LogP contribution in [0.3, 0.4) is 0 Å². The molecule has 0 fully saturated rings. The number of aromatic nitrogens is 1. The maximum Gasteiger partial charge on any atom is 0.333 e. The Bertz CT molecular complexity index is 5000. The van der Waals surface area contributed by atoms with E-state index < -0.39 is 0 Å². The van der Waals surface area contributed by atoms with Gasteiger partial charge in [-0.3, -0.25) is 0 Å². The lowest BCUT2D eigenvalue weighted by Crippen LogP contribution is -2.60. The highest BCUT2D eigenvalue weighted by Gasteiger charge is 2.47. The van der Waals surface area contributed by atoms with Gasteiger partial charge in [0, 0.05) is 88.3 Å². The molecular formula is C76H66BN3O3. The quantitative estimate of drug-likeness (QED) is 0.164. The van der Waals surface area contributed by atoms with Crippen molar-refractivity contribution >= 4 is 134 Å². The Kier molecular flexibility index (Phi) is 10.1. The van der Waals surface area contributed by atoms with Gasteiger partial charge in [0.2, 0.25) is 0 Å². The molecule has 0 spiro atoms. The van der Waals surface area contributed by atoms with Crippen LogP contribution in [0.15, 0.2) is 195 Å². The van der Waals surface area contributed by atoms with Gasteiger partial charge in [0.15, 0.2) is 0 Å². The fourth-order valence-electron chi connectivity index (χ4n) is 13.9. The van der Waals surface area contributed by atoms with Crippen molar-refractivity contribution < 1.29 is 13.3 Å². The summed E-state index contributed by atoms with van der Waals surface area (Å²) in [6.45, 7) is 27.2. The lowest BCUT2D eigenvalue weighted by molar-refractivity contribution is 0.590. The fourth-order valence-corrected chi connectivity index (χ4v) is 13.9. The van der Waals surface area contributed by atoms with Crippen LogP contribution in [0.5, 0.6) is 0 Å². The summed E-state index contributed by atoms with van der Waals surface area (Å²) in [5.41, 5.74) is 23.7. The minimum Gasteiger partial charge on any atom is -0.456 e. The predicted octanol–water partition coefficient (Wildman–Crippen LogP) is 20.4. The lowest BCUT2D eigenvalue weighted by Gasteiger charge is -2.42. The topological polar surface area (TPSA) is 50.8 Å². The van der Waals surface area contributed by atoms with Crippen molar-refractivity contribution in [2.75, 3.05) is 9.71 Å². The van der Waals surface area contributed by atoms with Crippen molar-refractivity contribution in [2.24, 2.45) is 0 Å². The van der Waals surface area contributed by atoms with Crippen LogP contribution in [-0.2, 0) is 21.7 Å². The predicted molar refractivity (Wildman–Crippen MR) is 351 cm³/mol. The molecule has 0 unspecified atom stereocenters. The van der Waals surface area contributed by atoms with E-state index in [1.165, 1.54) is 49.5 Å². The summed E-state index contributed by atoms with van der Waals surface area (Å²) in [4.78, 5) is 5.01. The van der Waals surface area contributed by atoms with Crippen LogP contribution < -0.4 is 20.6 Å². The largest absolute Gasteiger partial charge is 0.456 e. The molecule has 2 aliphatic rings. The van der Waals surface area contributed by atoms with Crippen molar-refractivity contribution in [1.29, 1.82) is 0 Å². The lowest BCUT2D eigenvalue weighted by atomic mass is 9.43. The Hall–Kier alpha value is -8.94. The summed E-state index contributed by atoms with van der Waals surface area (Å²) in [6.07, 6.45) is 0. The minimum absolute atomic E-state index is 0.0185. The molecule has 10 aromatic carbocycles. The first-order valence-electron chi connectivity index (χ1n) is 29.5. The van der Waals surface area contributed by atoms with Crippen molar-refractivity contribution in [3.8, 4) is 16.8 Å². The van der Waals surface area contributed by atoms with Crippen LogP contribution in [0, 0.1) is 0 Å². The van der Waals surface area contributed by atoms with Crippen LogP contribution in [0.2, 0.25) is 0 Å². The van der Waals surface area contributed by atoms with Crippen LogP contribution in [0.25, 0.3) is 104 Å². The highest BCUT2D eigenvalue weighted by atomic mass is 16.3. The smallest absolute Gasteiger partial charge is 0.333 e. The maximum absolute atomic E-state index is 7.40. The highest BCUT2D eigenvalue weighted by Crippen LogP contribution is 2.54. The van der Waals surface area contributed by atoms with Crippen LogP contribution in [-0.4, -0.2) is 11.4 Å². The molecule has 14 aromatic rings. The summed E-state index contributed by atoms with van der Waals surface area (Å²) in [5.74, 6) is 0. The van der Waals surface area contributed by atoms with Gasteiger partial charge in [-0.05, 0) is 158 Å². The molecule has 6 heterocycles. The monoisotopic (exact) mass is 1080 g/mol. The minimum atomic E-state index is -0.307. The summed E-state index contributed by atoms with van der Waals surface area (Å²) in [6, 6.07) is 68.0. The molecule has 83 heavy (non-hydrogen) atoms. The van der Waals surface area contributed by atoms with E-state index in [0.717, 1.165) is 117 Å². The van der Waals surface area contributed by atoms with Crippen LogP contribution in [0.4, 0.5) is 28.4 Å². The Morgan fingerprint density at radius 2 is 0.892 bits per heavy atom. The van der Waals surface area contributed by atoms with E-state index in [4.69, 9.17) is 13.3 Å². The van der Waals surface area contributed by atoms with Gasteiger partial charge < -0.3 is 27.5 Å². The Morgan fingerprint density at radius 1 is 0.386 bits per heavy atom. The molecule has 0 N–H and O–H groups in total. The molecule has 16 rings (SSSR count). The number of anilines is 5.